The Balaban J connectivity index is 3.49. The first-order valence-electron chi connectivity index (χ1n) is 6.46. The van der Waals surface area contributed by atoms with Gasteiger partial charge in [0.05, 0.1) is 0 Å². The summed E-state index contributed by atoms with van der Waals surface area (Å²) in [6.07, 6.45) is 8.02. The molecule has 84 valence electrons. The molecule has 0 fully saturated rings. The van der Waals surface area contributed by atoms with Crippen molar-refractivity contribution in [3.8, 4) is 0 Å². The van der Waals surface area contributed by atoms with E-state index in [1.54, 1.807) is 0 Å². The van der Waals surface area contributed by atoms with E-state index < -0.39 is 16.6 Å². The van der Waals surface area contributed by atoms with Crippen LogP contribution in [0.2, 0.25) is 9.95 Å². The molecular weight excluding hydrogens is 230 g/mol. The molecule has 0 rings (SSSR count). The maximum atomic E-state index is 6.07. The summed E-state index contributed by atoms with van der Waals surface area (Å²) in [7, 11) is 0. The molecule has 0 aromatic heterocycles. The average Bonchev–Trinajstić information content (AvgIpc) is 2.21. The van der Waals surface area contributed by atoms with E-state index >= 15 is 0 Å². The summed E-state index contributed by atoms with van der Waals surface area (Å²) in [5, 5.41) is 0. The van der Waals surface area contributed by atoms with E-state index in [0.717, 1.165) is 6.61 Å². The van der Waals surface area contributed by atoms with Crippen LogP contribution in [0.5, 0.6) is 0 Å². The zero-order valence-corrected chi connectivity index (χ0v) is 12.8. The Labute approximate surface area is 96.1 Å². The van der Waals surface area contributed by atoms with Gasteiger partial charge in [-0.25, -0.2) is 0 Å². The van der Waals surface area contributed by atoms with Crippen LogP contribution in [0, 0.1) is 0 Å². The standard InChI is InChI=1S/C4H9O.2C4H9.Ga/c1-2-3-4-5;2*1-3-4-2;/h2-4H2,1H3;2*1,3-4H2,2H3;/q-1;;;+1. The fourth-order valence-corrected chi connectivity index (χ4v) is 7.55. The molecule has 0 bridgehead atoms. The third-order valence-corrected chi connectivity index (χ3v) is 8.51. The van der Waals surface area contributed by atoms with E-state index in [1.165, 1.54) is 48.5 Å². The van der Waals surface area contributed by atoms with Crippen molar-refractivity contribution >= 4 is 16.6 Å². The summed E-state index contributed by atoms with van der Waals surface area (Å²) in [4.78, 5) is 2.90. The van der Waals surface area contributed by atoms with E-state index in [-0.39, 0.29) is 0 Å². The van der Waals surface area contributed by atoms with Crippen molar-refractivity contribution in [3.05, 3.63) is 0 Å². The zero-order chi connectivity index (χ0) is 10.6. The van der Waals surface area contributed by atoms with Crippen molar-refractivity contribution < 1.29 is 3.53 Å². The summed E-state index contributed by atoms with van der Waals surface area (Å²) < 4.78 is 6.07. The Morgan fingerprint density at radius 1 is 0.786 bits per heavy atom. The summed E-state index contributed by atoms with van der Waals surface area (Å²) >= 11 is -1.27. The fourth-order valence-electron chi connectivity index (χ4n) is 1.57. The van der Waals surface area contributed by atoms with E-state index in [4.69, 9.17) is 3.53 Å². The molecule has 0 amide bonds. The van der Waals surface area contributed by atoms with Gasteiger partial charge in [-0.1, -0.05) is 0 Å². The molecule has 0 aliphatic carbocycles. The van der Waals surface area contributed by atoms with E-state index in [1.807, 2.05) is 0 Å². The fraction of sp³-hybridized carbons (Fsp3) is 1.00. The second-order valence-electron chi connectivity index (χ2n) is 4.13. The molecule has 0 aromatic carbocycles. The van der Waals surface area contributed by atoms with Gasteiger partial charge in [-0.15, -0.1) is 0 Å². The molecule has 0 saturated heterocycles. The summed E-state index contributed by atoms with van der Waals surface area (Å²) in [6, 6.07) is 0. The van der Waals surface area contributed by atoms with Gasteiger partial charge in [0.25, 0.3) is 0 Å². The number of hydrogen-bond donors (Lipinski definition) is 0. The third-order valence-electron chi connectivity index (χ3n) is 2.61. The molecule has 0 heterocycles. The molecular formula is C12H27GaO. The number of hydrogen-bond acceptors (Lipinski definition) is 1. The van der Waals surface area contributed by atoms with Gasteiger partial charge in [-0.05, 0) is 0 Å². The van der Waals surface area contributed by atoms with Gasteiger partial charge in [0.2, 0.25) is 0 Å². The van der Waals surface area contributed by atoms with Crippen molar-refractivity contribution in [2.75, 3.05) is 6.61 Å². The van der Waals surface area contributed by atoms with Crippen molar-refractivity contribution in [1.29, 1.82) is 0 Å². The Morgan fingerprint density at radius 3 is 1.71 bits per heavy atom. The maximum absolute atomic E-state index is 6.07. The van der Waals surface area contributed by atoms with Crippen molar-refractivity contribution in [2.45, 2.75) is 69.2 Å². The topological polar surface area (TPSA) is 9.23 Å². The van der Waals surface area contributed by atoms with Crippen LogP contribution in [0.25, 0.3) is 0 Å². The Bertz CT molecular complexity index is 98.5. The minimum absolute atomic E-state index is 1.05. The molecule has 0 aliphatic rings. The first-order valence-corrected chi connectivity index (χ1v) is 10.9. The molecule has 14 heavy (non-hydrogen) atoms. The summed E-state index contributed by atoms with van der Waals surface area (Å²) in [5.74, 6) is 0. The SMILES string of the molecule is CCCC[O][Ga]([CH2]CCC)[CH2]CCC. The molecule has 0 atom stereocenters. The van der Waals surface area contributed by atoms with E-state index in [0.29, 0.717) is 0 Å². The molecule has 0 spiro atoms. The van der Waals surface area contributed by atoms with Crippen LogP contribution >= 0.6 is 0 Å². The van der Waals surface area contributed by atoms with Gasteiger partial charge in [-0.3, -0.25) is 0 Å². The normalized spacial score (nSPS) is 10.5. The second kappa shape index (κ2) is 11.7. The van der Waals surface area contributed by atoms with Crippen LogP contribution in [0.15, 0.2) is 0 Å². The van der Waals surface area contributed by atoms with Crippen LogP contribution in [0.3, 0.4) is 0 Å². The van der Waals surface area contributed by atoms with Gasteiger partial charge in [0.1, 0.15) is 0 Å². The molecule has 0 radical (unpaired) electrons. The number of unbranched alkanes of at least 4 members (excludes halogenated alkanes) is 3. The predicted octanol–water partition coefficient (Wildman–Crippen LogP) is 4.39. The Morgan fingerprint density at radius 2 is 1.29 bits per heavy atom. The zero-order valence-electron chi connectivity index (χ0n) is 10.3. The average molecular weight is 257 g/mol. The van der Waals surface area contributed by atoms with Crippen LogP contribution in [0.1, 0.15) is 59.3 Å². The van der Waals surface area contributed by atoms with Crippen LogP contribution in [0.4, 0.5) is 0 Å². The molecule has 0 N–H and O–H groups in total. The first kappa shape index (κ1) is 14.6. The van der Waals surface area contributed by atoms with Crippen LogP contribution in [-0.4, -0.2) is 23.2 Å². The summed E-state index contributed by atoms with van der Waals surface area (Å²) in [5.41, 5.74) is 0. The Hall–Kier alpha value is 0.596. The molecule has 0 unspecified atom stereocenters. The number of rotatable bonds is 10. The van der Waals surface area contributed by atoms with E-state index in [2.05, 4.69) is 20.8 Å². The van der Waals surface area contributed by atoms with Crippen molar-refractivity contribution in [2.24, 2.45) is 0 Å². The molecule has 1 nitrogen and oxygen atoms in total. The molecule has 0 aliphatic heterocycles. The van der Waals surface area contributed by atoms with Crippen LogP contribution < -0.4 is 0 Å². The van der Waals surface area contributed by atoms with Crippen molar-refractivity contribution in [3.63, 3.8) is 0 Å². The van der Waals surface area contributed by atoms with Gasteiger partial charge >= 0.3 is 96.0 Å². The quantitative estimate of drug-likeness (QED) is 0.416. The van der Waals surface area contributed by atoms with Gasteiger partial charge in [0, 0.05) is 0 Å². The second-order valence-corrected chi connectivity index (χ2v) is 9.86. The molecule has 0 saturated carbocycles. The Kier molecular flexibility index (Phi) is 12.2. The van der Waals surface area contributed by atoms with E-state index in [9.17, 15) is 0 Å². The van der Waals surface area contributed by atoms with Gasteiger partial charge in [-0.2, -0.15) is 0 Å². The predicted molar refractivity (Wildman–Crippen MR) is 66.0 cm³/mol. The minimum atomic E-state index is -1.27. The monoisotopic (exact) mass is 256 g/mol. The first-order chi connectivity index (χ1) is 6.85. The van der Waals surface area contributed by atoms with Gasteiger partial charge < -0.3 is 0 Å². The molecule has 2 heteroatoms. The molecule has 0 aromatic rings. The van der Waals surface area contributed by atoms with Crippen LogP contribution in [-0.2, 0) is 3.53 Å². The van der Waals surface area contributed by atoms with Gasteiger partial charge in [0.15, 0.2) is 0 Å². The summed E-state index contributed by atoms with van der Waals surface area (Å²) in [6.45, 7) is 7.86. The van der Waals surface area contributed by atoms with Crippen molar-refractivity contribution in [1.82, 2.24) is 0 Å². The third kappa shape index (κ3) is 9.16.